The van der Waals surface area contributed by atoms with Crippen molar-refractivity contribution >= 4 is 39.5 Å². The van der Waals surface area contributed by atoms with E-state index in [9.17, 15) is 10.4 Å². The van der Waals surface area contributed by atoms with Gasteiger partial charge in [0, 0.05) is 10.9 Å². The zero-order valence-electron chi connectivity index (χ0n) is 23.2. The Labute approximate surface area is 239 Å². The lowest BCUT2D eigenvalue weighted by atomic mass is 10.0. The first-order valence-corrected chi connectivity index (χ1v) is 13.3. The molecule has 0 radical (unpaired) electrons. The number of phenolic OH excluding ortho intramolecular Hbond substituents is 1. The van der Waals surface area contributed by atoms with Crippen LogP contribution in [0.3, 0.4) is 0 Å². The molecule has 0 aliphatic carbocycles. The second kappa shape index (κ2) is 12.3. The van der Waals surface area contributed by atoms with Gasteiger partial charge in [-0.3, -0.25) is 10.3 Å². The maximum atomic E-state index is 11.1. The molecule has 41 heavy (non-hydrogen) atoms. The van der Waals surface area contributed by atoms with Gasteiger partial charge in [0.1, 0.15) is 18.0 Å². The second-order valence-electron chi connectivity index (χ2n) is 9.99. The Bertz CT molecular complexity index is 1800. The molecule has 0 aliphatic rings. The Kier molecular flexibility index (Phi) is 8.19. The fourth-order valence-electron chi connectivity index (χ4n) is 4.53. The smallest absolute Gasteiger partial charge is 0.149 e. The summed E-state index contributed by atoms with van der Waals surface area (Å²) in [6, 6.07) is 33.3. The van der Waals surface area contributed by atoms with E-state index in [1.54, 1.807) is 0 Å². The van der Waals surface area contributed by atoms with E-state index in [4.69, 9.17) is 4.84 Å². The second-order valence-corrected chi connectivity index (χ2v) is 9.99. The molecular weight excluding hydrogens is 508 g/mol. The van der Waals surface area contributed by atoms with Crippen molar-refractivity contribution in [3.05, 3.63) is 130 Å². The van der Waals surface area contributed by atoms with E-state index in [-0.39, 0.29) is 12.4 Å². The standard InChI is InChI=1S/C35H30N4O2/c1-23-8-13-27(14-9-23)29(21-36)19-26-11-15-31(16-12-26)37-38-34-32-7-5-4-6-28(32)20-30(35(34)40)22-41-39-33-17-10-24(2)18-25(33)3/h4-20,39-40H,22H2,1-3H3/b29-19-,38-37?. The Morgan fingerprint density at radius 3 is 2.34 bits per heavy atom. The molecule has 0 aromatic heterocycles. The molecule has 0 atom stereocenters. The molecule has 0 amide bonds. The van der Waals surface area contributed by atoms with E-state index in [1.807, 2.05) is 118 Å². The van der Waals surface area contributed by atoms with E-state index < -0.39 is 0 Å². The molecule has 0 saturated carbocycles. The highest BCUT2D eigenvalue weighted by Crippen LogP contribution is 2.39. The predicted molar refractivity (Wildman–Crippen MR) is 165 cm³/mol. The molecular formula is C35H30N4O2. The van der Waals surface area contributed by atoms with Crippen molar-refractivity contribution < 1.29 is 9.94 Å². The van der Waals surface area contributed by atoms with Crippen LogP contribution in [0.25, 0.3) is 22.4 Å². The van der Waals surface area contributed by atoms with Crippen LogP contribution < -0.4 is 5.48 Å². The molecule has 5 aromatic rings. The van der Waals surface area contributed by atoms with Gasteiger partial charge in [0.15, 0.2) is 0 Å². The first-order chi connectivity index (χ1) is 19.9. The summed E-state index contributed by atoms with van der Waals surface area (Å²) >= 11 is 0. The highest BCUT2D eigenvalue weighted by Gasteiger charge is 2.13. The summed E-state index contributed by atoms with van der Waals surface area (Å²) in [6.45, 7) is 6.21. The number of nitrogens with zero attached hydrogens (tertiary/aromatic N) is 3. The largest absolute Gasteiger partial charge is 0.505 e. The lowest BCUT2D eigenvalue weighted by Gasteiger charge is -2.13. The summed E-state index contributed by atoms with van der Waals surface area (Å²) in [5.74, 6) is 0.0196. The van der Waals surface area contributed by atoms with Gasteiger partial charge >= 0.3 is 0 Å². The summed E-state index contributed by atoms with van der Waals surface area (Å²) in [5.41, 5.74) is 11.2. The molecule has 6 nitrogen and oxygen atoms in total. The summed E-state index contributed by atoms with van der Waals surface area (Å²) < 4.78 is 0. The van der Waals surface area contributed by atoms with Crippen LogP contribution in [0.5, 0.6) is 5.75 Å². The summed E-state index contributed by atoms with van der Waals surface area (Å²) in [5, 5.41) is 31.4. The molecule has 0 heterocycles. The van der Waals surface area contributed by atoms with Crippen LogP contribution in [0.1, 0.15) is 33.4 Å². The van der Waals surface area contributed by atoms with Gasteiger partial charge in [0.25, 0.3) is 0 Å². The monoisotopic (exact) mass is 538 g/mol. The van der Waals surface area contributed by atoms with Gasteiger partial charge in [-0.25, -0.2) is 0 Å². The minimum atomic E-state index is 0.0196. The van der Waals surface area contributed by atoms with Crippen molar-refractivity contribution in [3.63, 3.8) is 0 Å². The fourth-order valence-corrected chi connectivity index (χ4v) is 4.53. The lowest BCUT2D eigenvalue weighted by Crippen LogP contribution is -2.03. The maximum Gasteiger partial charge on any atom is 0.149 e. The lowest BCUT2D eigenvalue weighted by molar-refractivity contribution is 0.177. The molecule has 202 valence electrons. The normalized spacial score (nSPS) is 11.6. The van der Waals surface area contributed by atoms with E-state index >= 15 is 0 Å². The van der Waals surface area contributed by atoms with Gasteiger partial charge in [0.05, 0.1) is 23.0 Å². The number of fused-ring (bicyclic) bond motifs is 1. The number of anilines is 1. The van der Waals surface area contributed by atoms with E-state index in [0.29, 0.717) is 22.5 Å². The maximum absolute atomic E-state index is 11.1. The minimum Gasteiger partial charge on any atom is -0.505 e. The average Bonchev–Trinajstić information content (AvgIpc) is 2.98. The zero-order valence-corrected chi connectivity index (χ0v) is 23.2. The number of nitrogens with one attached hydrogen (secondary N) is 1. The van der Waals surface area contributed by atoms with Gasteiger partial charge in [0.2, 0.25) is 0 Å². The van der Waals surface area contributed by atoms with Crippen LogP contribution >= 0.6 is 0 Å². The predicted octanol–water partition coefficient (Wildman–Crippen LogP) is 9.49. The van der Waals surface area contributed by atoms with Gasteiger partial charge in [-0.05, 0) is 73.2 Å². The van der Waals surface area contributed by atoms with Crippen LogP contribution in [-0.4, -0.2) is 5.11 Å². The van der Waals surface area contributed by atoms with Crippen LogP contribution in [0, 0.1) is 32.1 Å². The van der Waals surface area contributed by atoms with Crippen LogP contribution in [0.15, 0.2) is 107 Å². The molecule has 6 heteroatoms. The molecule has 2 N–H and O–H groups in total. The highest BCUT2D eigenvalue weighted by molar-refractivity contribution is 5.96. The van der Waals surface area contributed by atoms with Crippen LogP contribution in [0.2, 0.25) is 0 Å². The van der Waals surface area contributed by atoms with Gasteiger partial charge < -0.3 is 5.11 Å². The van der Waals surface area contributed by atoms with E-state index in [2.05, 4.69) is 27.8 Å². The fraction of sp³-hybridized carbons (Fsp3) is 0.114. The summed E-state index contributed by atoms with van der Waals surface area (Å²) in [4.78, 5) is 5.76. The third-order valence-corrected chi connectivity index (χ3v) is 6.82. The molecule has 0 fully saturated rings. The Balaban J connectivity index is 1.37. The number of hydrogen-bond acceptors (Lipinski definition) is 6. The van der Waals surface area contributed by atoms with Gasteiger partial charge in [-0.1, -0.05) is 83.9 Å². The Hall–Kier alpha value is -5.25. The number of benzene rings is 5. The molecule has 0 spiro atoms. The third kappa shape index (κ3) is 6.50. The molecule has 5 rings (SSSR count). The number of hydrogen-bond donors (Lipinski definition) is 2. The van der Waals surface area contributed by atoms with Crippen molar-refractivity contribution in [3.8, 4) is 11.8 Å². The van der Waals surface area contributed by atoms with Crippen LogP contribution in [0.4, 0.5) is 17.1 Å². The Morgan fingerprint density at radius 2 is 1.61 bits per heavy atom. The summed E-state index contributed by atoms with van der Waals surface area (Å²) in [7, 11) is 0. The van der Waals surface area contributed by atoms with Crippen molar-refractivity contribution in [1.29, 1.82) is 5.26 Å². The SMILES string of the molecule is Cc1ccc(/C(C#N)=C\c2ccc(N=Nc3c(O)c(CONc4ccc(C)cc4C)cc4ccccc34)cc2)cc1. The average molecular weight is 539 g/mol. The first-order valence-electron chi connectivity index (χ1n) is 13.3. The van der Waals surface area contributed by atoms with Crippen molar-refractivity contribution in [2.75, 3.05) is 5.48 Å². The quantitative estimate of drug-likeness (QED) is 0.0891. The third-order valence-electron chi connectivity index (χ3n) is 6.82. The highest BCUT2D eigenvalue weighted by atomic mass is 16.6. The van der Waals surface area contributed by atoms with E-state index in [1.165, 1.54) is 5.56 Å². The number of rotatable bonds is 8. The van der Waals surface area contributed by atoms with Gasteiger partial charge in [-0.2, -0.15) is 10.4 Å². The van der Waals surface area contributed by atoms with Crippen molar-refractivity contribution in [1.82, 2.24) is 0 Å². The molecule has 0 saturated heterocycles. The number of azo groups is 1. The Morgan fingerprint density at radius 1 is 0.878 bits per heavy atom. The first kappa shape index (κ1) is 27.3. The number of nitriles is 1. The van der Waals surface area contributed by atoms with Gasteiger partial charge in [-0.15, -0.1) is 5.11 Å². The minimum absolute atomic E-state index is 0.0196. The number of allylic oxidation sites excluding steroid dienone is 1. The van der Waals surface area contributed by atoms with Crippen molar-refractivity contribution in [2.24, 2.45) is 10.2 Å². The summed E-state index contributed by atoms with van der Waals surface area (Å²) in [6.07, 6.45) is 1.85. The molecule has 0 aliphatic heterocycles. The topological polar surface area (TPSA) is 90.0 Å². The van der Waals surface area contributed by atoms with Crippen LogP contribution in [-0.2, 0) is 11.4 Å². The molecule has 0 unspecified atom stereocenters. The molecule has 0 bridgehead atoms. The van der Waals surface area contributed by atoms with Crippen molar-refractivity contribution in [2.45, 2.75) is 27.4 Å². The number of aryl methyl sites for hydroxylation is 3. The zero-order chi connectivity index (χ0) is 28.8. The number of aromatic hydroxyl groups is 1. The van der Waals surface area contributed by atoms with E-state index in [0.717, 1.165) is 38.7 Å². The molecule has 5 aromatic carbocycles. The number of phenols is 1.